The number of fused-ring (bicyclic) bond motifs is 2. The first-order valence-electron chi connectivity index (χ1n) is 13.1. The molecule has 204 valence electrons. The average molecular weight is 582 g/mol. The zero-order chi connectivity index (χ0) is 28.7. The lowest BCUT2D eigenvalue weighted by Gasteiger charge is -2.29. The molecule has 1 aliphatic rings. The summed E-state index contributed by atoms with van der Waals surface area (Å²) >= 11 is 12.2. The highest BCUT2D eigenvalue weighted by molar-refractivity contribution is 6.42. The Labute approximate surface area is 247 Å². The summed E-state index contributed by atoms with van der Waals surface area (Å²) in [6, 6.07) is 26.0. The topological polar surface area (TPSA) is 62.2 Å². The quantitative estimate of drug-likeness (QED) is 0.111. The minimum atomic E-state index is -0.300. The Morgan fingerprint density at radius 3 is 2.32 bits per heavy atom. The standard InChI is InChI=1S/C33H25Cl2N3O3/c1-37(2)14-15-38-32(39)25-10-4-7-21-17-22-8-5-11-28(30(22)31(29(21)25)33(38)40)36-19-20-6-3-9-23(16-20)41-24-12-13-26(34)27(35)18-24/h3-13,16-19H,14-15H2,1-2H3/b36-19+. The fourth-order valence-corrected chi connectivity index (χ4v) is 5.35. The molecule has 0 N–H and O–H groups in total. The van der Waals surface area contributed by atoms with Crippen LogP contribution in [0.1, 0.15) is 26.3 Å². The van der Waals surface area contributed by atoms with Gasteiger partial charge in [-0.2, -0.15) is 0 Å². The van der Waals surface area contributed by atoms with Crippen molar-refractivity contribution in [1.29, 1.82) is 0 Å². The molecular weight excluding hydrogens is 557 g/mol. The van der Waals surface area contributed by atoms with Crippen molar-refractivity contribution in [3.05, 3.63) is 112 Å². The molecule has 0 atom stereocenters. The van der Waals surface area contributed by atoms with E-state index in [4.69, 9.17) is 32.9 Å². The summed E-state index contributed by atoms with van der Waals surface area (Å²) in [5.41, 5.74) is 2.49. The van der Waals surface area contributed by atoms with Gasteiger partial charge in [-0.1, -0.05) is 59.6 Å². The van der Waals surface area contributed by atoms with E-state index in [-0.39, 0.29) is 11.8 Å². The number of carbonyl (C=O) groups is 2. The lowest BCUT2D eigenvalue weighted by Crippen LogP contribution is -2.43. The summed E-state index contributed by atoms with van der Waals surface area (Å²) < 4.78 is 5.97. The molecule has 1 heterocycles. The summed E-state index contributed by atoms with van der Waals surface area (Å²) in [6.45, 7) is 0.868. The van der Waals surface area contributed by atoms with Crippen molar-refractivity contribution in [2.75, 3.05) is 27.2 Å². The SMILES string of the molecule is CN(C)CCN1C(=O)c2cccc3cc4cccc(/N=C/c5cccc(Oc6ccc(Cl)c(Cl)c6)c5)c4c(c23)C1=O. The zero-order valence-electron chi connectivity index (χ0n) is 22.4. The second kappa shape index (κ2) is 11.0. The Morgan fingerprint density at radius 2 is 1.54 bits per heavy atom. The molecule has 2 amide bonds. The Balaban J connectivity index is 1.42. The first-order chi connectivity index (χ1) is 19.8. The van der Waals surface area contributed by atoms with Gasteiger partial charge in [0.05, 0.1) is 21.3 Å². The maximum absolute atomic E-state index is 13.9. The number of hydrogen-bond donors (Lipinski definition) is 0. The number of halogens is 2. The van der Waals surface area contributed by atoms with E-state index in [2.05, 4.69) is 0 Å². The largest absolute Gasteiger partial charge is 0.457 e. The van der Waals surface area contributed by atoms with Crippen LogP contribution in [0, 0.1) is 0 Å². The van der Waals surface area contributed by atoms with E-state index in [0.717, 1.165) is 21.7 Å². The fourth-order valence-electron chi connectivity index (χ4n) is 5.07. The molecule has 0 bridgehead atoms. The van der Waals surface area contributed by atoms with Crippen LogP contribution in [-0.4, -0.2) is 55.0 Å². The summed E-state index contributed by atoms with van der Waals surface area (Å²) in [5.74, 6) is 0.609. The zero-order valence-corrected chi connectivity index (χ0v) is 23.9. The van der Waals surface area contributed by atoms with E-state index < -0.39 is 0 Å². The molecule has 0 saturated heterocycles. The predicted molar refractivity (Wildman–Crippen MR) is 166 cm³/mol. The Morgan fingerprint density at radius 1 is 0.805 bits per heavy atom. The van der Waals surface area contributed by atoms with Gasteiger partial charge in [-0.05, 0) is 72.9 Å². The normalized spacial score (nSPS) is 13.2. The van der Waals surface area contributed by atoms with Crippen molar-refractivity contribution in [2.45, 2.75) is 0 Å². The van der Waals surface area contributed by atoms with Gasteiger partial charge in [-0.3, -0.25) is 19.5 Å². The van der Waals surface area contributed by atoms with E-state index in [1.165, 1.54) is 4.90 Å². The van der Waals surface area contributed by atoms with E-state index in [9.17, 15) is 9.59 Å². The monoisotopic (exact) mass is 581 g/mol. The van der Waals surface area contributed by atoms with Crippen LogP contribution >= 0.6 is 23.2 Å². The van der Waals surface area contributed by atoms with Crippen LogP contribution in [0.5, 0.6) is 11.5 Å². The molecule has 8 heteroatoms. The molecule has 0 radical (unpaired) electrons. The third-order valence-electron chi connectivity index (χ3n) is 7.03. The van der Waals surface area contributed by atoms with Crippen molar-refractivity contribution in [2.24, 2.45) is 4.99 Å². The van der Waals surface area contributed by atoms with Gasteiger partial charge in [-0.15, -0.1) is 0 Å². The number of hydrogen-bond acceptors (Lipinski definition) is 5. The number of aliphatic imine (C=N–C) groups is 1. The van der Waals surface area contributed by atoms with Crippen LogP contribution < -0.4 is 4.74 Å². The molecule has 5 aromatic rings. The number of rotatable bonds is 7. The molecule has 41 heavy (non-hydrogen) atoms. The van der Waals surface area contributed by atoms with Crippen LogP contribution in [0.15, 0.2) is 89.9 Å². The Kier molecular flexibility index (Phi) is 7.22. The summed E-state index contributed by atoms with van der Waals surface area (Å²) in [5, 5.41) is 4.00. The van der Waals surface area contributed by atoms with Crippen molar-refractivity contribution in [1.82, 2.24) is 9.80 Å². The number of amides is 2. The van der Waals surface area contributed by atoms with Crippen LogP contribution in [0.25, 0.3) is 21.5 Å². The molecule has 6 rings (SSSR count). The van der Waals surface area contributed by atoms with Crippen molar-refractivity contribution in [3.8, 4) is 11.5 Å². The minimum Gasteiger partial charge on any atom is -0.457 e. The molecule has 5 aromatic carbocycles. The number of nitrogens with zero attached hydrogens (tertiary/aromatic N) is 3. The van der Waals surface area contributed by atoms with Crippen molar-refractivity contribution < 1.29 is 14.3 Å². The molecule has 0 spiro atoms. The van der Waals surface area contributed by atoms with Crippen LogP contribution in [0.3, 0.4) is 0 Å². The van der Waals surface area contributed by atoms with E-state index in [1.54, 1.807) is 30.5 Å². The highest BCUT2D eigenvalue weighted by Crippen LogP contribution is 2.40. The second-order valence-electron chi connectivity index (χ2n) is 10.1. The van der Waals surface area contributed by atoms with Gasteiger partial charge in [0.2, 0.25) is 0 Å². The number of benzene rings is 5. The Hall–Kier alpha value is -4.23. The van der Waals surface area contributed by atoms with Crippen LogP contribution in [0.4, 0.5) is 5.69 Å². The van der Waals surface area contributed by atoms with Crippen molar-refractivity contribution in [3.63, 3.8) is 0 Å². The van der Waals surface area contributed by atoms with Crippen LogP contribution in [0.2, 0.25) is 10.0 Å². The molecular formula is C33H25Cl2N3O3. The number of likely N-dealkylation sites (N-methyl/N-ethyl adjacent to an activating group) is 1. The van der Waals surface area contributed by atoms with Gasteiger partial charge < -0.3 is 9.64 Å². The molecule has 0 saturated carbocycles. The summed E-state index contributed by atoms with van der Waals surface area (Å²) in [6.07, 6.45) is 1.74. The minimum absolute atomic E-state index is 0.269. The number of imide groups is 1. The van der Waals surface area contributed by atoms with Gasteiger partial charge in [0.25, 0.3) is 11.8 Å². The third kappa shape index (κ3) is 5.18. The van der Waals surface area contributed by atoms with Gasteiger partial charge in [-0.25, -0.2) is 0 Å². The predicted octanol–water partition coefficient (Wildman–Crippen LogP) is 8.00. The maximum Gasteiger partial charge on any atom is 0.262 e. The second-order valence-corrected chi connectivity index (χ2v) is 10.9. The third-order valence-corrected chi connectivity index (χ3v) is 7.76. The molecule has 0 fully saturated rings. The van der Waals surface area contributed by atoms with E-state index in [1.807, 2.05) is 79.7 Å². The Bertz CT molecular complexity index is 1880. The van der Waals surface area contributed by atoms with E-state index in [0.29, 0.717) is 56.8 Å². The molecule has 0 aliphatic carbocycles. The smallest absolute Gasteiger partial charge is 0.262 e. The highest BCUT2D eigenvalue weighted by Gasteiger charge is 2.34. The van der Waals surface area contributed by atoms with Crippen LogP contribution in [-0.2, 0) is 0 Å². The first-order valence-corrected chi connectivity index (χ1v) is 13.8. The first kappa shape index (κ1) is 27.0. The van der Waals surface area contributed by atoms with Gasteiger partial charge in [0, 0.05) is 41.7 Å². The van der Waals surface area contributed by atoms with Crippen molar-refractivity contribution >= 4 is 68.5 Å². The van der Waals surface area contributed by atoms with Gasteiger partial charge in [0.15, 0.2) is 0 Å². The lowest BCUT2D eigenvalue weighted by molar-refractivity contribution is 0.0602. The lowest BCUT2D eigenvalue weighted by atomic mass is 9.89. The number of carbonyl (C=O) groups excluding carboxylic acids is 2. The van der Waals surface area contributed by atoms with E-state index >= 15 is 0 Å². The fraction of sp³-hybridized carbons (Fsp3) is 0.121. The summed E-state index contributed by atoms with van der Waals surface area (Å²) in [4.78, 5) is 35.4. The molecule has 0 aromatic heterocycles. The summed E-state index contributed by atoms with van der Waals surface area (Å²) in [7, 11) is 3.83. The average Bonchev–Trinajstić information content (AvgIpc) is 2.95. The van der Waals surface area contributed by atoms with Gasteiger partial charge in [0.1, 0.15) is 11.5 Å². The molecule has 6 nitrogen and oxygen atoms in total. The van der Waals surface area contributed by atoms with Gasteiger partial charge >= 0.3 is 0 Å². The maximum atomic E-state index is 13.9. The molecule has 0 unspecified atom stereocenters. The highest BCUT2D eigenvalue weighted by atomic mass is 35.5. The molecule has 1 aliphatic heterocycles. The number of ether oxygens (including phenoxy) is 1.